The lowest BCUT2D eigenvalue weighted by Gasteiger charge is -2.24. The summed E-state index contributed by atoms with van der Waals surface area (Å²) in [5, 5.41) is 9.83. The number of carbonyl (C=O) groups excluding carboxylic acids is 1. The van der Waals surface area contributed by atoms with E-state index in [1.165, 1.54) is 0 Å². The molecular formula is C13H14ClN3O. The van der Waals surface area contributed by atoms with Gasteiger partial charge in [0.1, 0.15) is 5.82 Å². The quantitative estimate of drug-likeness (QED) is 0.894. The van der Waals surface area contributed by atoms with Crippen LogP contribution in [0.2, 0.25) is 5.02 Å². The van der Waals surface area contributed by atoms with Crippen molar-refractivity contribution in [3.63, 3.8) is 0 Å². The first-order valence-corrected chi connectivity index (χ1v) is 5.95. The molecule has 0 aliphatic rings. The minimum atomic E-state index is -0.719. The number of nitrogens with one attached hydrogen (secondary N) is 2. The molecule has 0 saturated heterocycles. The van der Waals surface area contributed by atoms with Gasteiger partial charge >= 0.3 is 0 Å². The van der Waals surface area contributed by atoms with Crippen LogP contribution in [0.5, 0.6) is 0 Å². The number of nitrogens with zero attached hydrogens (tertiary/aromatic N) is 1. The van der Waals surface area contributed by atoms with E-state index in [0.717, 1.165) is 5.56 Å². The van der Waals surface area contributed by atoms with Crippen molar-refractivity contribution in [3.8, 4) is 0 Å². The van der Waals surface area contributed by atoms with Crippen LogP contribution in [0.1, 0.15) is 19.4 Å². The zero-order valence-corrected chi connectivity index (χ0v) is 11.0. The van der Waals surface area contributed by atoms with Crippen LogP contribution in [-0.2, 0) is 10.2 Å². The van der Waals surface area contributed by atoms with Crippen LogP contribution in [0.25, 0.3) is 0 Å². The molecule has 0 fully saturated rings. The number of anilines is 1. The Bertz CT molecular complexity index is 549. The molecule has 1 heterocycles. The van der Waals surface area contributed by atoms with E-state index in [1.54, 1.807) is 18.3 Å². The lowest BCUT2D eigenvalue weighted by Crippen LogP contribution is -2.35. The van der Waals surface area contributed by atoms with Gasteiger partial charge in [-0.15, -0.1) is 0 Å². The van der Waals surface area contributed by atoms with E-state index >= 15 is 0 Å². The number of rotatable bonds is 3. The molecule has 2 aromatic rings. The fourth-order valence-corrected chi connectivity index (χ4v) is 2.07. The fourth-order valence-electron chi connectivity index (χ4n) is 1.69. The van der Waals surface area contributed by atoms with Crippen molar-refractivity contribution in [1.29, 1.82) is 0 Å². The van der Waals surface area contributed by atoms with Crippen LogP contribution in [0, 0.1) is 0 Å². The lowest BCUT2D eigenvalue weighted by molar-refractivity contribution is -0.120. The van der Waals surface area contributed by atoms with E-state index in [-0.39, 0.29) is 5.91 Å². The molecule has 0 unspecified atom stereocenters. The SMILES string of the molecule is CC(C)(C(=O)Nc1ccn[nH]1)c1ccccc1Cl. The van der Waals surface area contributed by atoms with Crippen LogP contribution in [0.4, 0.5) is 5.82 Å². The molecule has 2 N–H and O–H groups in total. The smallest absolute Gasteiger partial charge is 0.235 e. The van der Waals surface area contributed by atoms with Gasteiger partial charge in [0, 0.05) is 11.1 Å². The molecular weight excluding hydrogens is 250 g/mol. The average Bonchev–Trinajstić information content (AvgIpc) is 2.82. The highest BCUT2D eigenvalue weighted by atomic mass is 35.5. The molecule has 0 radical (unpaired) electrons. The average molecular weight is 264 g/mol. The predicted octanol–water partition coefficient (Wildman–Crippen LogP) is 2.98. The van der Waals surface area contributed by atoms with Crippen molar-refractivity contribution in [3.05, 3.63) is 47.1 Å². The summed E-state index contributed by atoms with van der Waals surface area (Å²) in [4.78, 5) is 12.3. The number of hydrogen-bond acceptors (Lipinski definition) is 2. The van der Waals surface area contributed by atoms with Crippen molar-refractivity contribution in [2.75, 3.05) is 5.32 Å². The Balaban J connectivity index is 2.25. The van der Waals surface area contributed by atoms with Gasteiger partial charge in [-0.1, -0.05) is 29.8 Å². The summed E-state index contributed by atoms with van der Waals surface area (Å²) >= 11 is 6.13. The molecule has 5 heteroatoms. The molecule has 1 aromatic heterocycles. The number of amides is 1. The Hall–Kier alpha value is -1.81. The van der Waals surface area contributed by atoms with Gasteiger partial charge in [-0.05, 0) is 25.5 Å². The number of halogens is 1. The molecule has 0 saturated carbocycles. The number of aromatic amines is 1. The monoisotopic (exact) mass is 263 g/mol. The molecule has 0 bridgehead atoms. The van der Waals surface area contributed by atoms with E-state index in [2.05, 4.69) is 15.5 Å². The van der Waals surface area contributed by atoms with Crippen LogP contribution in [0.3, 0.4) is 0 Å². The maximum atomic E-state index is 12.3. The predicted molar refractivity (Wildman–Crippen MR) is 71.7 cm³/mol. The number of carbonyl (C=O) groups is 1. The second kappa shape index (κ2) is 4.82. The molecule has 0 aliphatic carbocycles. The molecule has 4 nitrogen and oxygen atoms in total. The minimum absolute atomic E-state index is 0.139. The van der Waals surface area contributed by atoms with Gasteiger partial charge in [0.2, 0.25) is 5.91 Å². The van der Waals surface area contributed by atoms with E-state index in [0.29, 0.717) is 10.8 Å². The van der Waals surface area contributed by atoms with Gasteiger partial charge in [0.05, 0.1) is 11.6 Å². The molecule has 0 atom stereocenters. The van der Waals surface area contributed by atoms with Crippen molar-refractivity contribution < 1.29 is 4.79 Å². The fraction of sp³-hybridized carbons (Fsp3) is 0.231. The second-order valence-electron chi connectivity index (χ2n) is 4.53. The minimum Gasteiger partial charge on any atom is -0.310 e. The van der Waals surface area contributed by atoms with Crippen LogP contribution >= 0.6 is 11.6 Å². The Labute approximate surface area is 110 Å². The van der Waals surface area contributed by atoms with Gasteiger partial charge in [0.25, 0.3) is 0 Å². The first-order valence-electron chi connectivity index (χ1n) is 5.57. The normalized spacial score (nSPS) is 11.3. The van der Waals surface area contributed by atoms with Crippen LogP contribution in [0.15, 0.2) is 36.5 Å². The Morgan fingerprint density at radius 3 is 2.67 bits per heavy atom. The molecule has 2 rings (SSSR count). The molecule has 94 valence electrons. The molecule has 1 aromatic carbocycles. The Kier molecular flexibility index (Phi) is 3.39. The zero-order valence-electron chi connectivity index (χ0n) is 10.2. The zero-order chi connectivity index (χ0) is 13.2. The van der Waals surface area contributed by atoms with Gasteiger partial charge < -0.3 is 5.32 Å². The highest BCUT2D eigenvalue weighted by Gasteiger charge is 2.31. The topological polar surface area (TPSA) is 57.8 Å². The number of hydrogen-bond donors (Lipinski definition) is 2. The van der Waals surface area contributed by atoms with Crippen molar-refractivity contribution in [2.45, 2.75) is 19.3 Å². The third-order valence-corrected chi connectivity index (χ3v) is 3.19. The van der Waals surface area contributed by atoms with Crippen molar-refractivity contribution in [1.82, 2.24) is 10.2 Å². The molecule has 18 heavy (non-hydrogen) atoms. The van der Waals surface area contributed by atoms with Crippen molar-refractivity contribution >= 4 is 23.3 Å². The first kappa shape index (κ1) is 12.6. The highest BCUT2D eigenvalue weighted by molar-refractivity contribution is 6.31. The van der Waals surface area contributed by atoms with E-state index in [1.807, 2.05) is 32.0 Å². The molecule has 1 amide bonds. The summed E-state index contributed by atoms with van der Waals surface area (Å²) in [5.74, 6) is 0.431. The summed E-state index contributed by atoms with van der Waals surface area (Å²) in [5.41, 5.74) is 0.0763. The van der Waals surface area contributed by atoms with E-state index < -0.39 is 5.41 Å². The summed E-state index contributed by atoms with van der Waals surface area (Å²) in [6, 6.07) is 9.04. The van der Waals surface area contributed by atoms with E-state index in [9.17, 15) is 4.79 Å². The Morgan fingerprint density at radius 1 is 1.33 bits per heavy atom. The standard InChI is InChI=1S/C13H14ClN3O/c1-13(2,9-5-3-4-6-10(9)14)12(18)16-11-7-8-15-17-11/h3-8H,1-2H3,(H2,15,16,17,18). The number of H-pyrrole nitrogens is 1. The van der Waals surface area contributed by atoms with Gasteiger partial charge in [-0.3, -0.25) is 9.89 Å². The third kappa shape index (κ3) is 2.38. The third-order valence-electron chi connectivity index (χ3n) is 2.86. The van der Waals surface area contributed by atoms with Gasteiger partial charge in [0.15, 0.2) is 0 Å². The lowest BCUT2D eigenvalue weighted by atomic mass is 9.83. The van der Waals surface area contributed by atoms with Gasteiger partial charge in [-0.2, -0.15) is 5.10 Å². The summed E-state index contributed by atoms with van der Waals surface area (Å²) in [7, 11) is 0. The maximum absolute atomic E-state index is 12.3. The number of aromatic nitrogens is 2. The second-order valence-corrected chi connectivity index (χ2v) is 4.94. The highest BCUT2D eigenvalue weighted by Crippen LogP contribution is 2.30. The molecule has 0 spiro atoms. The Morgan fingerprint density at radius 2 is 2.06 bits per heavy atom. The molecule has 0 aliphatic heterocycles. The number of benzene rings is 1. The first-order chi connectivity index (χ1) is 8.51. The van der Waals surface area contributed by atoms with Crippen molar-refractivity contribution in [2.24, 2.45) is 0 Å². The summed E-state index contributed by atoms with van der Waals surface area (Å²) in [6.07, 6.45) is 1.58. The van der Waals surface area contributed by atoms with E-state index in [4.69, 9.17) is 11.6 Å². The van der Waals surface area contributed by atoms with Gasteiger partial charge in [-0.25, -0.2) is 0 Å². The van der Waals surface area contributed by atoms with Crippen LogP contribution in [-0.4, -0.2) is 16.1 Å². The largest absolute Gasteiger partial charge is 0.310 e. The maximum Gasteiger partial charge on any atom is 0.235 e. The summed E-state index contributed by atoms with van der Waals surface area (Å²) in [6.45, 7) is 3.67. The summed E-state index contributed by atoms with van der Waals surface area (Å²) < 4.78 is 0. The van der Waals surface area contributed by atoms with Crippen LogP contribution < -0.4 is 5.32 Å².